The van der Waals surface area contributed by atoms with Gasteiger partial charge in [0, 0.05) is 38.4 Å². The molecule has 152 valence electrons. The Morgan fingerprint density at radius 1 is 1.18 bits per heavy atom. The summed E-state index contributed by atoms with van der Waals surface area (Å²) in [6.07, 6.45) is 0. The minimum atomic E-state index is -3.64. The first-order chi connectivity index (χ1) is 13.3. The minimum Gasteiger partial charge on any atom is -0.478 e. The molecule has 1 saturated heterocycles. The molecule has 3 rings (SSSR count). The largest absolute Gasteiger partial charge is 0.478 e. The number of carboxylic acids is 1. The maximum atomic E-state index is 11.3. The van der Waals surface area contributed by atoms with Crippen molar-refractivity contribution < 1.29 is 18.3 Å². The average Bonchev–Trinajstić information content (AvgIpc) is 2.70. The summed E-state index contributed by atoms with van der Waals surface area (Å²) in [6.45, 7) is 5.71. The van der Waals surface area contributed by atoms with Crippen LogP contribution < -0.4 is 15.8 Å². The van der Waals surface area contributed by atoms with E-state index >= 15 is 0 Å². The first kappa shape index (κ1) is 21.8. The van der Waals surface area contributed by atoms with Gasteiger partial charge >= 0.3 is 5.97 Å². The van der Waals surface area contributed by atoms with Crippen molar-refractivity contribution in [2.24, 2.45) is 0 Å². The molecule has 1 fully saturated rings. The molecule has 5 N–H and O–H groups in total. The van der Waals surface area contributed by atoms with E-state index in [1.165, 1.54) is 37.8 Å². The highest BCUT2D eigenvalue weighted by atomic mass is 32.2. The Labute approximate surface area is 165 Å². The van der Waals surface area contributed by atoms with Crippen molar-refractivity contribution in [1.29, 1.82) is 0 Å². The quantitative estimate of drug-likeness (QED) is 0.545. The van der Waals surface area contributed by atoms with Gasteiger partial charge in [0.05, 0.1) is 10.5 Å². The maximum Gasteiger partial charge on any atom is 0.337 e. The minimum absolute atomic E-state index is 0.0255. The molecular formula is C19H26N4O4S. The summed E-state index contributed by atoms with van der Waals surface area (Å²) in [5.74, 6) is -1.26. The van der Waals surface area contributed by atoms with E-state index in [-0.39, 0.29) is 16.1 Å². The first-order valence-electron chi connectivity index (χ1n) is 8.87. The van der Waals surface area contributed by atoms with E-state index in [1.807, 2.05) is 0 Å². The molecule has 0 spiro atoms. The number of piperazine rings is 1. The van der Waals surface area contributed by atoms with Crippen LogP contribution >= 0.6 is 0 Å². The van der Waals surface area contributed by atoms with Gasteiger partial charge < -0.3 is 16.2 Å². The van der Waals surface area contributed by atoms with Crippen LogP contribution in [0.4, 0.5) is 5.69 Å². The van der Waals surface area contributed by atoms with Gasteiger partial charge in [-0.2, -0.15) is 0 Å². The van der Waals surface area contributed by atoms with Crippen molar-refractivity contribution in [1.82, 2.24) is 14.9 Å². The van der Waals surface area contributed by atoms with Crippen LogP contribution in [0.3, 0.4) is 0 Å². The number of nitrogens with zero attached hydrogens (tertiary/aromatic N) is 1. The van der Waals surface area contributed by atoms with Crippen molar-refractivity contribution >= 4 is 21.7 Å². The molecule has 9 heteroatoms. The lowest BCUT2D eigenvalue weighted by atomic mass is 10.2. The number of nitrogen functional groups attached to an aromatic ring is 1. The third-order valence-corrected chi connectivity index (χ3v) is 5.70. The van der Waals surface area contributed by atoms with Gasteiger partial charge in [-0.1, -0.05) is 30.3 Å². The highest BCUT2D eigenvalue weighted by Crippen LogP contribution is 2.17. The summed E-state index contributed by atoms with van der Waals surface area (Å²) in [6, 6.07) is 14.2. The molecule has 0 unspecified atom stereocenters. The Morgan fingerprint density at radius 2 is 1.82 bits per heavy atom. The normalized spacial score (nSPS) is 14.8. The SMILES string of the molecule is CNS(=O)(=O)c1ccc(N)c(C(=O)O)c1.c1ccc(CN2CCNCC2)cc1. The van der Waals surface area contributed by atoms with Gasteiger partial charge in [-0.05, 0) is 30.8 Å². The lowest BCUT2D eigenvalue weighted by molar-refractivity contribution is 0.0698. The van der Waals surface area contributed by atoms with Crippen molar-refractivity contribution in [2.75, 3.05) is 39.0 Å². The predicted octanol–water partition coefficient (Wildman–Crippen LogP) is 0.967. The number of carboxylic acid groups (broad SMARTS) is 1. The number of rotatable bonds is 5. The van der Waals surface area contributed by atoms with Gasteiger partial charge in [-0.25, -0.2) is 17.9 Å². The molecule has 0 radical (unpaired) electrons. The molecule has 0 saturated carbocycles. The van der Waals surface area contributed by atoms with Crippen molar-refractivity contribution in [2.45, 2.75) is 11.4 Å². The Hall–Kier alpha value is -2.46. The third kappa shape index (κ3) is 6.31. The van der Waals surface area contributed by atoms with Crippen molar-refractivity contribution in [3.63, 3.8) is 0 Å². The molecule has 2 aromatic carbocycles. The molecular weight excluding hydrogens is 380 g/mol. The second kappa shape index (κ2) is 10.2. The van der Waals surface area contributed by atoms with E-state index < -0.39 is 16.0 Å². The Balaban J connectivity index is 0.000000202. The summed E-state index contributed by atoms with van der Waals surface area (Å²) in [4.78, 5) is 13.1. The lowest BCUT2D eigenvalue weighted by Crippen LogP contribution is -2.42. The summed E-state index contributed by atoms with van der Waals surface area (Å²) >= 11 is 0. The maximum absolute atomic E-state index is 11.3. The number of aromatic carboxylic acids is 1. The zero-order chi connectivity index (χ0) is 20.6. The number of nitrogens with one attached hydrogen (secondary N) is 2. The van der Waals surface area contributed by atoms with Crippen LogP contribution in [0.2, 0.25) is 0 Å². The smallest absolute Gasteiger partial charge is 0.337 e. The molecule has 0 aromatic heterocycles. The Bertz CT molecular complexity index is 882. The Kier molecular flexibility index (Phi) is 7.94. The van der Waals surface area contributed by atoms with Crippen LogP contribution in [-0.4, -0.2) is 57.6 Å². The second-order valence-corrected chi connectivity index (χ2v) is 8.16. The number of carbonyl (C=O) groups is 1. The first-order valence-corrected chi connectivity index (χ1v) is 10.3. The zero-order valence-corrected chi connectivity index (χ0v) is 16.6. The van der Waals surface area contributed by atoms with Gasteiger partial charge in [-0.15, -0.1) is 0 Å². The molecule has 2 aromatic rings. The summed E-state index contributed by atoms with van der Waals surface area (Å²) in [7, 11) is -2.40. The van der Waals surface area contributed by atoms with E-state index in [0.717, 1.165) is 25.7 Å². The van der Waals surface area contributed by atoms with Crippen LogP contribution in [0.5, 0.6) is 0 Å². The van der Waals surface area contributed by atoms with Crippen LogP contribution in [0, 0.1) is 0 Å². The number of sulfonamides is 1. The molecule has 0 bridgehead atoms. The van der Waals surface area contributed by atoms with E-state index in [0.29, 0.717) is 0 Å². The standard InChI is InChI=1S/C11H16N2.C8H10N2O4S/c1-2-4-11(5-3-1)10-13-8-6-12-7-9-13;1-10-15(13,14)5-2-3-7(9)6(4-5)8(11)12/h1-5,12H,6-10H2;2-4,10H,9H2,1H3,(H,11,12). The monoisotopic (exact) mass is 406 g/mol. The summed E-state index contributed by atoms with van der Waals surface area (Å²) in [5, 5.41) is 12.1. The molecule has 1 aliphatic heterocycles. The average molecular weight is 407 g/mol. The number of anilines is 1. The van der Waals surface area contributed by atoms with E-state index in [4.69, 9.17) is 10.8 Å². The number of benzene rings is 2. The highest BCUT2D eigenvalue weighted by molar-refractivity contribution is 7.89. The van der Waals surface area contributed by atoms with Gasteiger partial charge in [0.1, 0.15) is 0 Å². The topological polar surface area (TPSA) is 125 Å². The zero-order valence-electron chi connectivity index (χ0n) is 15.8. The van der Waals surface area contributed by atoms with Crippen molar-refractivity contribution in [3.8, 4) is 0 Å². The number of hydrogen-bond acceptors (Lipinski definition) is 6. The van der Waals surface area contributed by atoms with Crippen molar-refractivity contribution in [3.05, 3.63) is 59.7 Å². The second-order valence-electron chi connectivity index (χ2n) is 6.27. The molecule has 1 aliphatic rings. The fourth-order valence-corrected chi connectivity index (χ4v) is 3.47. The summed E-state index contributed by atoms with van der Waals surface area (Å²) < 4.78 is 24.8. The predicted molar refractivity (Wildman–Crippen MR) is 109 cm³/mol. The molecule has 0 amide bonds. The van der Waals surface area contributed by atoms with Crippen LogP contribution in [-0.2, 0) is 16.6 Å². The fourth-order valence-electron chi connectivity index (χ4n) is 2.72. The fraction of sp³-hybridized carbons (Fsp3) is 0.316. The number of hydrogen-bond donors (Lipinski definition) is 4. The molecule has 8 nitrogen and oxygen atoms in total. The molecule has 1 heterocycles. The van der Waals surface area contributed by atoms with E-state index in [1.54, 1.807) is 0 Å². The molecule has 28 heavy (non-hydrogen) atoms. The van der Waals surface area contributed by atoms with Crippen LogP contribution in [0.15, 0.2) is 53.4 Å². The van der Waals surface area contributed by atoms with Crippen LogP contribution in [0.1, 0.15) is 15.9 Å². The molecule has 0 aliphatic carbocycles. The lowest BCUT2D eigenvalue weighted by Gasteiger charge is -2.27. The van der Waals surface area contributed by atoms with Gasteiger partial charge in [0.25, 0.3) is 0 Å². The Morgan fingerprint density at radius 3 is 2.39 bits per heavy atom. The van der Waals surface area contributed by atoms with Gasteiger partial charge in [0.15, 0.2) is 0 Å². The van der Waals surface area contributed by atoms with E-state index in [9.17, 15) is 13.2 Å². The van der Waals surface area contributed by atoms with Gasteiger partial charge in [0.2, 0.25) is 10.0 Å². The van der Waals surface area contributed by atoms with Crippen LogP contribution in [0.25, 0.3) is 0 Å². The highest BCUT2D eigenvalue weighted by Gasteiger charge is 2.16. The van der Waals surface area contributed by atoms with E-state index in [2.05, 4.69) is 45.3 Å². The molecule has 0 atom stereocenters. The summed E-state index contributed by atoms with van der Waals surface area (Å²) in [5.41, 5.74) is 6.60. The van der Waals surface area contributed by atoms with Gasteiger partial charge in [-0.3, -0.25) is 4.90 Å². The third-order valence-electron chi connectivity index (χ3n) is 4.29. The number of nitrogens with two attached hydrogens (primary N) is 1.